The third-order valence-electron chi connectivity index (χ3n) is 6.11. The molecule has 9 heteroatoms. The fourth-order valence-corrected chi connectivity index (χ4v) is 4.49. The van der Waals surface area contributed by atoms with Crippen molar-refractivity contribution in [3.05, 3.63) is 70.3 Å². The molecule has 2 N–H and O–H groups in total. The second-order valence-electron chi connectivity index (χ2n) is 8.07. The molecule has 0 aliphatic carbocycles. The minimum absolute atomic E-state index is 0.0605. The maximum atomic E-state index is 13.1. The standard InChI is InChI=1S/C23H20N4O5/c28-18-9-8-17(20(29)25-18)27-21(30)16-7-3-6-13(19(16)22(27)31)10-24-23(32)26-11-14-4-1-2-5-15(14)12-26/h1-7,17H,8-12H2,(H,24,32)(H,25,28,29). The van der Waals surface area contributed by atoms with E-state index in [1.165, 1.54) is 6.07 Å². The summed E-state index contributed by atoms with van der Waals surface area (Å²) in [6, 6.07) is 11.4. The number of nitrogens with zero attached hydrogens (tertiary/aromatic N) is 2. The van der Waals surface area contributed by atoms with E-state index in [2.05, 4.69) is 10.6 Å². The van der Waals surface area contributed by atoms with Crippen molar-refractivity contribution in [2.45, 2.75) is 38.5 Å². The molecule has 5 rings (SSSR count). The minimum atomic E-state index is -1.02. The van der Waals surface area contributed by atoms with Gasteiger partial charge in [0, 0.05) is 26.1 Å². The van der Waals surface area contributed by atoms with Crippen molar-refractivity contribution in [3.8, 4) is 0 Å². The van der Waals surface area contributed by atoms with Gasteiger partial charge < -0.3 is 10.2 Å². The lowest BCUT2D eigenvalue weighted by Crippen LogP contribution is -2.54. The maximum absolute atomic E-state index is 13.1. The molecule has 6 amide bonds. The Morgan fingerprint density at radius 1 is 0.969 bits per heavy atom. The number of hydrogen-bond donors (Lipinski definition) is 2. The van der Waals surface area contributed by atoms with Crippen LogP contribution in [0, 0.1) is 0 Å². The Kier molecular flexibility index (Phi) is 4.73. The Bertz CT molecular complexity index is 1170. The first-order valence-electron chi connectivity index (χ1n) is 10.4. The van der Waals surface area contributed by atoms with Crippen LogP contribution in [0.3, 0.4) is 0 Å². The first-order valence-corrected chi connectivity index (χ1v) is 10.4. The SMILES string of the molecule is O=C1CCC(N2C(=O)c3cccc(CNC(=O)N4Cc5ccccc5C4)c3C2=O)C(=O)N1. The number of nitrogens with one attached hydrogen (secondary N) is 2. The molecule has 1 fully saturated rings. The summed E-state index contributed by atoms with van der Waals surface area (Å²) < 4.78 is 0. The smallest absolute Gasteiger partial charge is 0.318 e. The van der Waals surface area contributed by atoms with E-state index in [9.17, 15) is 24.0 Å². The van der Waals surface area contributed by atoms with Gasteiger partial charge in [-0.25, -0.2) is 4.79 Å². The van der Waals surface area contributed by atoms with E-state index < -0.39 is 29.7 Å². The third kappa shape index (κ3) is 3.22. The van der Waals surface area contributed by atoms with Gasteiger partial charge in [-0.15, -0.1) is 0 Å². The van der Waals surface area contributed by atoms with Crippen LogP contribution in [-0.4, -0.2) is 45.5 Å². The van der Waals surface area contributed by atoms with Gasteiger partial charge in [0.25, 0.3) is 11.8 Å². The van der Waals surface area contributed by atoms with Gasteiger partial charge in [0.05, 0.1) is 11.1 Å². The van der Waals surface area contributed by atoms with Gasteiger partial charge >= 0.3 is 6.03 Å². The zero-order valence-corrected chi connectivity index (χ0v) is 17.1. The van der Waals surface area contributed by atoms with Crippen molar-refractivity contribution < 1.29 is 24.0 Å². The highest BCUT2D eigenvalue weighted by Gasteiger charge is 2.45. The highest BCUT2D eigenvalue weighted by atomic mass is 16.2. The summed E-state index contributed by atoms with van der Waals surface area (Å²) in [5.41, 5.74) is 3.08. The van der Waals surface area contributed by atoms with Crippen molar-refractivity contribution in [2.24, 2.45) is 0 Å². The second kappa shape index (κ2) is 7.60. The molecule has 2 aromatic rings. The highest BCUT2D eigenvalue weighted by Crippen LogP contribution is 2.30. The van der Waals surface area contributed by atoms with E-state index in [1.807, 2.05) is 24.3 Å². The number of hydrogen-bond acceptors (Lipinski definition) is 5. The summed E-state index contributed by atoms with van der Waals surface area (Å²) in [6.45, 7) is 1.09. The summed E-state index contributed by atoms with van der Waals surface area (Å²) in [5.74, 6) is -2.23. The summed E-state index contributed by atoms with van der Waals surface area (Å²) >= 11 is 0. The summed E-state index contributed by atoms with van der Waals surface area (Å²) in [4.78, 5) is 65.0. The van der Waals surface area contributed by atoms with Gasteiger partial charge in [0.2, 0.25) is 11.8 Å². The third-order valence-corrected chi connectivity index (χ3v) is 6.11. The fourth-order valence-electron chi connectivity index (χ4n) is 4.49. The van der Waals surface area contributed by atoms with E-state index in [4.69, 9.17) is 0 Å². The van der Waals surface area contributed by atoms with Crippen LogP contribution in [0.15, 0.2) is 42.5 Å². The molecule has 1 atom stereocenters. The fraction of sp³-hybridized carbons (Fsp3) is 0.261. The molecule has 0 spiro atoms. The summed E-state index contributed by atoms with van der Waals surface area (Å²) in [6.07, 6.45) is 0.155. The van der Waals surface area contributed by atoms with Crippen molar-refractivity contribution >= 4 is 29.7 Å². The van der Waals surface area contributed by atoms with Gasteiger partial charge in [0.1, 0.15) is 6.04 Å². The zero-order valence-electron chi connectivity index (χ0n) is 17.1. The van der Waals surface area contributed by atoms with Gasteiger partial charge in [-0.05, 0) is 29.2 Å². The number of benzene rings is 2. The van der Waals surface area contributed by atoms with E-state index in [1.54, 1.807) is 17.0 Å². The molecule has 3 aliphatic rings. The van der Waals surface area contributed by atoms with Crippen LogP contribution < -0.4 is 10.6 Å². The molecule has 1 saturated heterocycles. The molecule has 0 saturated carbocycles. The molecular weight excluding hydrogens is 412 g/mol. The first kappa shape index (κ1) is 19.9. The van der Waals surface area contributed by atoms with Crippen LogP contribution >= 0.6 is 0 Å². The lowest BCUT2D eigenvalue weighted by molar-refractivity contribution is -0.136. The number of fused-ring (bicyclic) bond motifs is 2. The lowest BCUT2D eigenvalue weighted by Gasteiger charge is -2.27. The molecule has 0 bridgehead atoms. The number of carbonyl (C=O) groups is 5. The zero-order chi connectivity index (χ0) is 22.4. The Labute approximate surface area is 183 Å². The monoisotopic (exact) mass is 432 g/mol. The number of imide groups is 2. The van der Waals surface area contributed by atoms with Crippen LogP contribution in [0.25, 0.3) is 0 Å². The van der Waals surface area contributed by atoms with Gasteiger partial charge in [-0.1, -0.05) is 36.4 Å². The normalized spacial score (nSPS) is 19.7. The van der Waals surface area contributed by atoms with Crippen molar-refractivity contribution in [1.29, 1.82) is 0 Å². The molecule has 2 aromatic carbocycles. The van der Waals surface area contributed by atoms with Crippen LogP contribution in [0.4, 0.5) is 4.79 Å². The van der Waals surface area contributed by atoms with Crippen LogP contribution in [0.2, 0.25) is 0 Å². The Morgan fingerprint density at radius 3 is 2.38 bits per heavy atom. The van der Waals surface area contributed by atoms with Gasteiger partial charge in [0.15, 0.2) is 0 Å². The van der Waals surface area contributed by atoms with Gasteiger partial charge in [-0.2, -0.15) is 0 Å². The Balaban J connectivity index is 1.32. The van der Waals surface area contributed by atoms with Crippen molar-refractivity contribution in [2.75, 3.05) is 0 Å². The molecule has 3 aliphatic heterocycles. The number of urea groups is 1. The first-order chi connectivity index (χ1) is 15.4. The Hall–Kier alpha value is -4.01. The predicted molar refractivity (Wildman–Crippen MR) is 111 cm³/mol. The van der Waals surface area contributed by atoms with E-state index in [0.29, 0.717) is 18.7 Å². The topological polar surface area (TPSA) is 116 Å². The Morgan fingerprint density at radius 2 is 1.69 bits per heavy atom. The number of carbonyl (C=O) groups excluding carboxylic acids is 5. The average molecular weight is 432 g/mol. The maximum Gasteiger partial charge on any atom is 0.318 e. The van der Waals surface area contributed by atoms with E-state index >= 15 is 0 Å². The molecule has 0 radical (unpaired) electrons. The largest absolute Gasteiger partial charge is 0.334 e. The predicted octanol–water partition coefficient (Wildman–Crippen LogP) is 1.31. The molecule has 9 nitrogen and oxygen atoms in total. The van der Waals surface area contributed by atoms with Crippen LogP contribution in [0.5, 0.6) is 0 Å². The minimum Gasteiger partial charge on any atom is -0.334 e. The molecule has 32 heavy (non-hydrogen) atoms. The van der Waals surface area contributed by atoms with Crippen molar-refractivity contribution in [1.82, 2.24) is 20.4 Å². The van der Waals surface area contributed by atoms with E-state index in [0.717, 1.165) is 16.0 Å². The molecule has 3 heterocycles. The average Bonchev–Trinajstić information content (AvgIpc) is 3.32. The lowest BCUT2D eigenvalue weighted by atomic mass is 10.0. The van der Waals surface area contributed by atoms with Crippen LogP contribution in [0.1, 0.15) is 50.2 Å². The highest BCUT2D eigenvalue weighted by molar-refractivity contribution is 6.24. The molecule has 162 valence electrons. The number of amides is 6. The van der Waals surface area contributed by atoms with Gasteiger partial charge in [-0.3, -0.25) is 29.4 Å². The molecule has 0 aromatic heterocycles. The quantitative estimate of drug-likeness (QED) is 0.710. The van der Waals surface area contributed by atoms with Crippen molar-refractivity contribution in [3.63, 3.8) is 0 Å². The summed E-state index contributed by atoms with van der Waals surface area (Å²) in [7, 11) is 0. The molecular formula is C23H20N4O5. The molecule has 1 unspecified atom stereocenters. The van der Waals surface area contributed by atoms with Crippen LogP contribution in [-0.2, 0) is 29.2 Å². The summed E-state index contributed by atoms with van der Waals surface area (Å²) in [5, 5.41) is 5.01. The number of rotatable bonds is 3. The second-order valence-corrected chi connectivity index (χ2v) is 8.07. The number of piperidine rings is 1. The van der Waals surface area contributed by atoms with E-state index in [-0.39, 0.29) is 36.5 Å².